The van der Waals surface area contributed by atoms with E-state index in [1.54, 1.807) is 27.3 Å². The highest BCUT2D eigenvalue weighted by atomic mass is 32.2. The third-order valence-electron chi connectivity index (χ3n) is 4.91. The van der Waals surface area contributed by atoms with Gasteiger partial charge in [0, 0.05) is 44.6 Å². The first-order valence-corrected chi connectivity index (χ1v) is 10.7. The summed E-state index contributed by atoms with van der Waals surface area (Å²) in [6.45, 7) is 4.02. The normalized spacial score (nSPS) is 15.7. The zero-order valence-electron chi connectivity index (χ0n) is 15.6. The maximum absolute atomic E-state index is 12.9. The molecule has 1 aromatic carbocycles. The molecule has 4 rings (SSSR count). The first-order valence-electron chi connectivity index (χ1n) is 9.24. The van der Waals surface area contributed by atoms with Gasteiger partial charge < -0.3 is 4.90 Å². The molecular weight excluding hydrogens is 376 g/mol. The van der Waals surface area contributed by atoms with Crippen LogP contribution in [0.3, 0.4) is 0 Å². The van der Waals surface area contributed by atoms with Crippen molar-refractivity contribution in [2.75, 3.05) is 31.1 Å². The molecule has 0 amide bonds. The highest BCUT2D eigenvalue weighted by Crippen LogP contribution is 2.21. The van der Waals surface area contributed by atoms with Crippen LogP contribution < -0.4 is 4.90 Å². The summed E-state index contributed by atoms with van der Waals surface area (Å²) >= 11 is 0. The highest BCUT2D eigenvalue weighted by molar-refractivity contribution is 7.89. The van der Waals surface area contributed by atoms with Crippen LogP contribution in [0.1, 0.15) is 12.5 Å². The van der Waals surface area contributed by atoms with Crippen molar-refractivity contribution in [1.82, 2.24) is 24.1 Å². The van der Waals surface area contributed by atoms with Crippen molar-refractivity contribution in [2.24, 2.45) is 0 Å². The minimum Gasteiger partial charge on any atom is -0.354 e. The number of piperazine rings is 1. The summed E-state index contributed by atoms with van der Waals surface area (Å²) in [5.74, 6) is 1.45. The molecule has 1 aliphatic rings. The molecule has 3 aromatic rings. The van der Waals surface area contributed by atoms with Crippen LogP contribution in [-0.4, -0.2) is 58.7 Å². The molecule has 0 aliphatic carbocycles. The number of aromatic nitrogens is 4. The van der Waals surface area contributed by atoms with E-state index in [-0.39, 0.29) is 0 Å². The van der Waals surface area contributed by atoms with Crippen LogP contribution in [0.2, 0.25) is 0 Å². The lowest BCUT2D eigenvalue weighted by Gasteiger charge is -2.34. The number of hydrogen-bond acceptors (Lipinski definition) is 6. The second-order valence-electron chi connectivity index (χ2n) is 6.57. The Bertz CT molecular complexity index is 1030. The highest BCUT2D eigenvalue weighted by Gasteiger charge is 2.29. The van der Waals surface area contributed by atoms with E-state index in [2.05, 4.69) is 20.0 Å². The third kappa shape index (κ3) is 3.63. The van der Waals surface area contributed by atoms with Gasteiger partial charge in [0.25, 0.3) is 0 Å². The molecule has 0 spiro atoms. The number of hydrogen-bond donors (Lipinski definition) is 0. The number of benzene rings is 1. The van der Waals surface area contributed by atoms with Crippen LogP contribution in [0.25, 0.3) is 5.82 Å². The molecule has 1 aliphatic heterocycles. The fourth-order valence-electron chi connectivity index (χ4n) is 3.24. The van der Waals surface area contributed by atoms with E-state index in [9.17, 15) is 8.42 Å². The van der Waals surface area contributed by atoms with Crippen molar-refractivity contribution < 1.29 is 8.42 Å². The molecule has 0 radical (unpaired) electrons. The molecule has 3 heterocycles. The molecule has 1 saturated heterocycles. The quantitative estimate of drug-likeness (QED) is 0.651. The topological polar surface area (TPSA) is 84.2 Å². The monoisotopic (exact) mass is 398 g/mol. The van der Waals surface area contributed by atoms with Crippen LogP contribution in [0.5, 0.6) is 0 Å². The van der Waals surface area contributed by atoms with Crippen LogP contribution >= 0.6 is 0 Å². The predicted octanol–water partition coefficient (Wildman–Crippen LogP) is 1.74. The molecule has 0 N–H and O–H groups in total. The second kappa shape index (κ2) is 7.69. The average Bonchev–Trinajstić information content (AvgIpc) is 3.29. The van der Waals surface area contributed by atoms with Crippen molar-refractivity contribution in [1.29, 1.82) is 0 Å². The molecule has 8 nitrogen and oxygen atoms in total. The van der Waals surface area contributed by atoms with Gasteiger partial charge in [-0.1, -0.05) is 19.1 Å². The summed E-state index contributed by atoms with van der Waals surface area (Å²) in [6.07, 6.45) is 5.90. The molecule has 0 unspecified atom stereocenters. The largest absolute Gasteiger partial charge is 0.354 e. The lowest BCUT2D eigenvalue weighted by atomic mass is 10.2. The fraction of sp³-hybridized carbons (Fsp3) is 0.316. The summed E-state index contributed by atoms with van der Waals surface area (Å²) in [7, 11) is -3.48. The summed E-state index contributed by atoms with van der Waals surface area (Å²) in [4.78, 5) is 11.0. The average molecular weight is 398 g/mol. The summed E-state index contributed by atoms with van der Waals surface area (Å²) in [5, 5.41) is 4.18. The number of nitrogens with zero attached hydrogens (tertiary/aromatic N) is 6. The molecule has 146 valence electrons. The minimum atomic E-state index is -3.48. The molecule has 0 saturated carbocycles. The van der Waals surface area contributed by atoms with E-state index >= 15 is 0 Å². The van der Waals surface area contributed by atoms with Gasteiger partial charge >= 0.3 is 0 Å². The van der Waals surface area contributed by atoms with Crippen molar-refractivity contribution >= 4 is 15.8 Å². The Hall–Kier alpha value is -2.78. The van der Waals surface area contributed by atoms with E-state index in [0.29, 0.717) is 36.9 Å². The number of sulfonamides is 1. The van der Waals surface area contributed by atoms with Crippen LogP contribution in [0, 0.1) is 0 Å². The van der Waals surface area contributed by atoms with Gasteiger partial charge in [0.2, 0.25) is 10.0 Å². The lowest BCUT2D eigenvalue weighted by molar-refractivity contribution is 0.383. The maximum atomic E-state index is 12.9. The molecule has 28 heavy (non-hydrogen) atoms. The lowest BCUT2D eigenvalue weighted by Crippen LogP contribution is -2.48. The zero-order chi connectivity index (χ0) is 19.6. The maximum Gasteiger partial charge on any atom is 0.243 e. The Morgan fingerprint density at radius 1 is 1.00 bits per heavy atom. The third-order valence-corrected chi connectivity index (χ3v) is 6.82. The first kappa shape index (κ1) is 18.6. The zero-order valence-corrected chi connectivity index (χ0v) is 16.5. The number of rotatable bonds is 5. The van der Waals surface area contributed by atoms with Gasteiger partial charge in [-0.3, -0.25) is 0 Å². The van der Waals surface area contributed by atoms with E-state index in [4.69, 9.17) is 0 Å². The molecule has 0 atom stereocenters. The minimum absolute atomic E-state index is 0.348. The Kier molecular flexibility index (Phi) is 5.10. The van der Waals surface area contributed by atoms with Gasteiger partial charge in [0.1, 0.15) is 12.1 Å². The molecule has 1 fully saturated rings. The van der Waals surface area contributed by atoms with E-state index in [1.807, 2.05) is 37.4 Å². The second-order valence-corrected chi connectivity index (χ2v) is 8.51. The predicted molar refractivity (Wildman–Crippen MR) is 106 cm³/mol. The SMILES string of the molecule is CCc1ccc(S(=O)(=O)N2CCN(c3cc(-n4cccn4)ncn3)CC2)cc1. The van der Waals surface area contributed by atoms with E-state index < -0.39 is 10.0 Å². The van der Waals surface area contributed by atoms with Gasteiger partial charge in [-0.2, -0.15) is 9.40 Å². The summed E-state index contributed by atoms with van der Waals surface area (Å²) in [5.41, 5.74) is 1.13. The molecule has 2 aromatic heterocycles. The van der Waals surface area contributed by atoms with Gasteiger partial charge in [0.05, 0.1) is 4.90 Å². The first-order chi connectivity index (χ1) is 13.6. The van der Waals surface area contributed by atoms with E-state index in [1.165, 1.54) is 6.33 Å². The van der Waals surface area contributed by atoms with Gasteiger partial charge in [-0.15, -0.1) is 0 Å². The summed E-state index contributed by atoms with van der Waals surface area (Å²) < 4.78 is 29.0. The van der Waals surface area contributed by atoms with Crippen molar-refractivity contribution in [3.8, 4) is 5.82 Å². The summed E-state index contributed by atoms with van der Waals surface area (Å²) in [6, 6.07) is 10.8. The molecular formula is C19H22N6O2S. The van der Waals surface area contributed by atoms with Crippen molar-refractivity contribution in [3.63, 3.8) is 0 Å². The Balaban J connectivity index is 1.46. The van der Waals surface area contributed by atoms with Crippen LogP contribution in [-0.2, 0) is 16.4 Å². The van der Waals surface area contributed by atoms with Crippen molar-refractivity contribution in [2.45, 2.75) is 18.2 Å². The standard InChI is InChI=1S/C19H22N6O2S/c1-2-16-4-6-17(7-5-16)28(26,27)24-12-10-23(11-13-24)18-14-19(21-15-20-18)25-9-3-8-22-25/h3-9,14-15H,2,10-13H2,1H3. The smallest absolute Gasteiger partial charge is 0.243 e. The van der Waals surface area contributed by atoms with E-state index in [0.717, 1.165) is 17.8 Å². The number of anilines is 1. The van der Waals surface area contributed by atoms with Crippen LogP contribution in [0.15, 0.2) is 60.0 Å². The molecule has 9 heteroatoms. The Labute approximate surface area is 164 Å². The van der Waals surface area contributed by atoms with Crippen molar-refractivity contribution in [3.05, 3.63) is 60.7 Å². The fourth-order valence-corrected chi connectivity index (χ4v) is 4.67. The number of aryl methyl sites for hydroxylation is 1. The molecule has 0 bridgehead atoms. The van der Waals surface area contributed by atoms with Gasteiger partial charge in [-0.05, 0) is 30.2 Å². The Morgan fingerprint density at radius 2 is 1.71 bits per heavy atom. The van der Waals surface area contributed by atoms with Crippen LogP contribution in [0.4, 0.5) is 5.82 Å². The Morgan fingerprint density at radius 3 is 2.36 bits per heavy atom. The van der Waals surface area contributed by atoms with Gasteiger partial charge in [-0.25, -0.2) is 23.1 Å². The van der Waals surface area contributed by atoms with Gasteiger partial charge in [0.15, 0.2) is 5.82 Å².